The van der Waals surface area contributed by atoms with Gasteiger partial charge in [0.2, 0.25) is 0 Å². The Hall–Kier alpha value is -1.00. The number of hydrogen-bond donors (Lipinski definition) is 17. The van der Waals surface area contributed by atoms with Crippen LogP contribution in [0.1, 0.15) is 106 Å². The second-order valence-corrected chi connectivity index (χ2v) is 26.5. The molecule has 25 heteroatoms. The molecule has 4 heterocycles. The van der Waals surface area contributed by atoms with Crippen LogP contribution in [-0.4, -0.2) is 267 Å². The lowest BCUT2D eigenvalue weighted by Crippen LogP contribution is -2.68. The predicted octanol–water partition coefficient (Wildman–Crippen LogP) is -4.43. The predicted molar refractivity (Wildman–Crippen MR) is 267 cm³/mol. The molecule has 9 rings (SSSR count). The number of aliphatic hydroxyl groups excluding tert-OH is 16. The molecule has 0 aromatic rings. The average molecular weight is 1140 g/mol. The molecule has 17 N–H and O–H groups in total. The normalized spacial score (nSPS) is 54.5. The molecule has 0 amide bonds. The van der Waals surface area contributed by atoms with Gasteiger partial charge in [0.05, 0.1) is 56.9 Å². The van der Waals surface area contributed by atoms with Crippen LogP contribution in [0.4, 0.5) is 0 Å². The number of hydrogen-bond acceptors (Lipinski definition) is 25. The maximum atomic E-state index is 12.8. The molecular weight excluding hydrogens is 1050 g/mol. The Kier molecular flexibility index (Phi) is 18.2. The Bertz CT molecular complexity index is 2050. The van der Waals surface area contributed by atoms with E-state index >= 15 is 0 Å². The highest BCUT2D eigenvalue weighted by atomic mass is 16.8. The van der Waals surface area contributed by atoms with Crippen molar-refractivity contribution in [2.24, 2.45) is 50.7 Å². The number of aliphatic hydroxyl groups is 17. The highest BCUT2D eigenvalue weighted by molar-refractivity contribution is 5.32. The van der Waals surface area contributed by atoms with E-state index in [0.29, 0.717) is 32.1 Å². The molecule has 0 unspecified atom stereocenters. The van der Waals surface area contributed by atoms with Gasteiger partial charge in [-0.25, -0.2) is 0 Å². The summed E-state index contributed by atoms with van der Waals surface area (Å²) in [6.07, 6.45) is -29.4. The van der Waals surface area contributed by atoms with Crippen LogP contribution in [0.5, 0.6) is 0 Å². The first-order valence-electron chi connectivity index (χ1n) is 28.6. The number of ether oxygens (including phenoxy) is 8. The van der Waals surface area contributed by atoms with Crippen molar-refractivity contribution in [2.45, 2.75) is 252 Å². The van der Waals surface area contributed by atoms with Crippen LogP contribution in [0, 0.1) is 50.7 Å². The Labute approximate surface area is 459 Å². The van der Waals surface area contributed by atoms with Crippen molar-refractivity contribution < 1.29 is 125 Å². The molecule has 79 heavy (non-hydrogen) atoms. The van der Waals surface area contributed by atoms with Gasteiger partial charge in [-0.2, -0.15) is 0 Å². The fourth-order valence-electron chi connectivity index (χ4n) is 17.4. The summed E-state index contributed by atoms with van der Waals surface area (Å²) in [5.41, 5.74) is -3.51. The van der Waals surface area contributed by atoms with Crippen LogP contribution in [0.2, 0.25) is 0 Å². The summed E-state index contributed by atoms with van der Waals surface area (Å²) in [5.74, 6) is -0.00355. The summed E-state index contributed by atoms with van der Waals surface area (Å²) in [5, 5.41) is 184. The van der Waals surface area contributed by atoms with Crippen molar-refractivity contribution in [2.75, 3.05) is 33.0 Å². The first-order valence-corrected chi connectivity index (χ1v) is 28.6. The second-order valence-electron chi connectivity index (χ2n) is 26.5. The van der Waals surface area contributed by atoms with E-state index in [2.05, 4.69) is 20.8 Å². The maximum Gasteiger partial charge on any atom is 0.187 e. The highest BCUT2D eigenvalue weighted by Crippen LogP contribution is 2.89. The van der Waals surface area contributed by atoms with Gasteiger partial charge in [0, 0.05) is 5.41 Å². The van der Waals surface area contributed by atoms with E-state index in [4.69, 9.17) is 37.9 Å². The van der Waals surface area contributed by atoms with Gasteiger partial charge in [-0.15, -0.1) is 0 Å². The van der Waals surface area contributed by atoms with Gasteiger partial charge in [0.25, 0.3) is 0 Å². The van der Waals surface area contributed by atoms with E-state index in [1.165, 1.54) is 0 Å². The minimum absolute atomic E-state index is 0.0784. The Morgan fingerprint density at radius 3 is 1.54 bits per heavy atom. The minimum Gasteiger partial charge on any atom is -0.396 e. The number of fused-ring (bicyclic) bond motifs is 2. The zero-order chi connectivity index (χ0) is 57.9. The third-order valence-corrected chi connectivity index (χ3v) is 22.1. The minimum atomic E-state index is -1.96. The van der Waals surface area contributed by atoms with Crippen LogP contribution in [0.15, 0.2) is 0 Å². The molecule has 5 aliphatic carbocycles. The molecule has 4 aliphatic heterocycles. The van der Waals surface area contributed by atoms with E-state index in [1.54, 1.807) is 13.8 Å². The Morgan fingerprint density at radius 2 is 1.03 bits per heavy atom. The van der Waals surface area contributed by atoms with Crippen LogP contribution in [-0.2, 0) is 37.9 Å². The van der Waals surface area contributed by atoms with Gasteiger partial charge < -0.3 is 125 Å². The molecule has 0 radical (unpaired) electrons. The van der Waals surface area contributed by atoms with Crippen molar-refractivity contribution in [3.05, 3.63) is 0 Å². The fraction of sp³-hybridized carbons (Fsp3) is 1.00. The van der Waals surface area contributed by atoms with Crippen molar-refractivity contribution in [3.8, 4) is 0 Å². The summed E-state index contributed by atoms with van der Waals surface area (Å²) >= 11 is 0. The summed E-state index contributed by atoms with van der Waals surface area (Å²) in [4.78, 5) is 0. The summed E-state index contributed by atoms with van der Waals surface area (Å²) in [6.45, 7) is 8.50. The van der Waals surface area contributed by atoms with Gasteiger partial charge in [-0.1, -0.05) is 27.7 Å². The van der Waals surface area contributed by atoms with Crippen molar-refractivity contribution in [3.63, 3.8) is 0 Å². The van der Waals surface area contributed by atoms with Crippen molar-refractivity contribution in [1.29, 1.82) is 0 Å². The molecule has 9 aliphatic rings. The molecular formula is C54H92O25. The lowest BCUT2D eigenvalue weighted by molar-refractivity contribution is -0.395. The van der Waals surface area contributed by atoms with Gasteiger partial charge in [0.15, 0.2) is 25.2 Å². The average Bonchev–Trinajstić information content (AvgIpc) is 1.94. The molecule has 0 aromatic carbocycles. The van der Waals surface area contributed by atoms with Crippen LogP contribution < -0.4 is 0 Å². The van der Waals surface area contributed by atoms with Gasteiger partial charge in [-0.3, -0.25) is 0 Å². The maximum absolute atomic E-state index is 12.8. The monoisotopic (exact) mass is 1140 g/mol. The summed E-state index contributed by atoms with van der Waals surface area (Å²) in [7, 11) is 0. The summed E-state index contributed by atoms with van der Waals surface area (Å²) in [6, 6.07) is 0. The highest BCUT2D eigenvalue weighted by Gasteiger charge is 2.84. The van der Waals surface area contributed by atoms with E-state index < -0.39 is 185 Å². The summed E-state index contributed by atoms with van der Waals surface area (Å²) < 4.78 is 48.3. The molecule has 458 valence electrons. The smallest absolute Gasteiger partial charge is 0.187 e. The third-order valence-electron chi connectivity index (χ3n) is 22.1. The molecule has 0 bridgehead atoms. The lowest BCUT2D eigenvalue weighted by Gasteiger charge is -2.65. The molecule has 32 atom stereocenters. The Balaban J connectivity index is 0.928. The first-order chi connectivity index (χ1) is 37.1. The SMILES string of the molecule is C[C@H](CC[C@@H](O[C@@H]1O[C@H](CO)[C@@H](O)[C@H](O)[C@H]1O)C(C)(C)O)[C@H]1CC[C@@]2(C)[C@@H]3[C@@H](O)C[C@H]4[C@@](C)(CO)[C@@H](O[C@@H]5O[C@H](CO)[C@@H](O[C@@H]6O[C@H](CO)[C@@H](O)[C@H](O)[C@H]6O)[C@H](O)[C@H]5O[C@@H]5O[C@H](CO)[C@H](O)[C@H](O)[C@H]5O)CC[C@@]45C[C@@]35CC[C@]12C. The molecule has 2 spiro atoms. The van der Waals surface area contributed by atoms with Gasteiger partial charge >= 0.3 is 0 Å². The zero-order valence-corrected chi connectivity index (χ0v) is 46.1. The van der Waals surface area contributed by atoms with Gasteiger partial charge in [-0.05, 0) is 123 Å². The Morgan fingerprint density at radius 1 is 0.519 bits per heavy atom. The van der Waals surface area contributed by atoms with E-state index in [9.17, 15) is 86.8 Å². The topological polar surface area (TPSA) is 418 Å². The largest absolute Gasteiger partial charge is 0.396 e. The zero-order valence-electron chi connectivity index (χ0n) is 46.1. The second kappa shape index (κ2) is 23.0. The molecule has 4 saturated heterocycles. The third kappa shape index (κ3) is 10.2. The molecule has 5 saturated carbocycles. The molecule has 0 aromatic heterocycles. The lowest BCUT2D eigenvalue weighted by atomic mass is 9.41. The van der Waals surface area contributed by atoms with Crippen molar-refractivity contribution >= 4 is 0 Å². The fourth-order valence-corrected chi connectivity index (χ4v) is 17.4. The molecule has 9 fully saturated rings. The quantitative estimate of drug-likeness (QED) is 0.0576. The van der Waals surface area contributed by atoms with Crippen molar-refractivity contribution in [1.82, 2.24) is 0 Å². The van der Waals surface area contributed by atoms with E-state index in [1.807, 2.05) is 6.92 Å². The van der Waals surface area contributed by atoms with E-state index in [-0.39, 0.29) is 45.3 Å². The van der Waals surface area contributed by atoms with Crippen LogP contribution >= 0.6 is 0 Å². The van der Waals surface area contributed by atoms with E-state index in [0.717, 1.165) is 32.1 Å². The van der Waals surface area contributed by atoms with Crippen LogP contribution in [0.25, 0.3) is 0 Å². The van der Waals surface area contributed by atoms with Crippen LogP contribution in [0.3, 0.4) is 0 Å². The molecule has 25 nitrogen and oxygen atoms in total. The first kappa shape index (κ1) is 62.5. The van der Waals surface area contributed by atoms with Gasteiger partial charge in [0.1, 0.15) is 97.7 Å². The number of rotatable bonds is 18. The standard InChI is InChI=1S/C54H92O25/c1-22(7-8-30(49(2,3)71)76-45-38(67)35(64)32(61)25(16-55)72-45)23-9-11-52(6)44-24(60)15-29-50(4,21-59)31(10-12-53(29)20-54(44,53)14-13-51(23,52)5)77-48-43(79-47-40(69)37(66)34(63)27(18-57)74-47)41(70)42(28(19-58)75-48)78-46-39(68)36(65)33(62)26(17-56)73-46/h22-48,55-71H,7-21H2,1-6H3/t22-,23-,24+,25-,26-,27-,28-,29+,30-,31+,32-,33-,34+,35+,36+,37+,38-,39-,40-,41+,42-,43-,44+,45+,46+,47+,48+,50-,51-,52+,53-,54+/m1/s1.